The second-order valence-corrected chi connectivity index (χ2v) is 5.96. The number of anilines is 1. The van der Waals surface area contributed by atoms with Crippen LogP contribution in [0.1, 0.15) is 39.0 Å². The van der Waals surface area contributed by atoms with E-state index in [9.17, 15) is 9.90 Å². The molecule has 5 nitrogen and oxygen atoms in total. The average Bonchev–Trinajstić information content (AvgIpc) is 2.88. The fraction of sp³-hybridized carbons (Fsp3) is 0.692. The zero-order chi connectivity index (χ0) is 13.9. The summed E-state index contributed by atoms with van der Waals surface area (Å²) in [5, 5.41) is 17.1. The van der Waals surface area contributed by atoms with Crippen LogP contribution in [0.5, 0.6) is 0 Å². The van der Waals surface area contributed by atoms with E-state index >= 15 is 0 Å². The fourth-order valence-corrected chi connectivity index (χ4v) is 2.99. The number of nitrogens with one attached hydrogen (secondary N) is 1. The highest BCUT2D eigenvalue weighted by molar-refractivity contribution is 9.10. The van der Waals surface area contributed by atoms with Crippen molar-refractivity contribution in [1.82, 2.24) is 9.78 Å². The first-order valence-electron chi connectivity index (χ1n) is 6.76. The summed E-state index contributed by atoms with van der Waals surface area (Å²) < 4.78 is 1.95. The van der Waals surface area contributed by atoms with Crippen LogP contribution in [0.3, 0.4) is 0 Å². The minimum atomic E-state index is -0.298. The van der Waals surface area contributed by atoms with Crippen molar-refractivity contribution in [3.8, 4) is 0 Å². The maximum Gasteiger partial charge on any atom is 0.283 e. The summed E-state index contributed by atoms with van der Waals surface area (Å²) in [6.07, 6.45) is 6.59. The van der Waals surface area contributed by atoms with Crippen LogP contribution in [0.2, 0.25) is 0 Å². The Morgan fingerprint density at radius 2 is 2.21 bits per heavy atom. The molecule has 0 saturated heterocycles. The van der Waals surface area contributed by atoms with Crippen LogP contribution in [0.4, 0.5) is 5.69 Å². The van der Waals surface area contributed by atoms with E-state index < -0.39 is 0 Å². The molecule has 1 heterocycles. The van der Waals surface area contributed by atoms with Gasteiger partial charge in [0, 0.05) is 6.54 Å². The highest BCUT2D eigenvalue weighted by Gasteiger charge is 2.33. The minimum Gasteiger partial charge on any atom is -0.394 e. The quantitative estimate of drug-likeness (QED) is 0.868. The molecule has 0 unspecified atom stereocenters. The van der Waals surface area contributed by atoms with Crippen molar-refractivity contribution in [2.45, 2.75) is 51.1 Å². The topological polar surface area (TPSA) is 67.2 Å². The van der Waals surface area contributed by atoms with E-state index in [0.717, 1.165) is 32.1 Å². The summed E-state index contributed by atoms with van der Waals surface area (Å²) in [4.78, 5) is 12.1. The number of hydrogen-bond donors (Lipinski definition) is 2. The van der Waals surface area contributed by atoms with Gasteiger partial charge in [0.1, 0.15) is 4.47 Å². The van der Waals surface area contributed by atoms with Gasteiger partial charge in [-0.15, -0.1) is 0 Å². The largest absolute Gasteiger partial charge is 0.394 e. The van der Waals surface area contributed by atoms with Gasteiger partial charge in [0.2, 0.25) is 0 Å². The van der Waals surface area contributed by atoms with E-state index in [2.05, 4.69) is 26.3 Å². The number of halogens is 1. The second kappa shape index (κ2) is 6.05. The molecule has 6 heteroatoms. The van der Waals surface area contributed by atoms with Crippen molar-refractivity contribution >= 4 is 21.6 Å². The van der Waals surface area contributed by atoms with Crippen molar-refractivity contribution in [2.75, 3.05) is 11.9 Å². The number of rotatable bonds is 5. The summed E-state index contributed by atoms with van der Waals surface area (Å²) in [6.45, 7) is 2.70. The average molecular weight is 330 g/mol. The molecule has 19 heavy (non-hydrogen) atoms. The van der Waals surface area contributed by atoms with Gasteiger partial charge in [-0.1, -0.05) is 19.8 Å². The van der Waals surface area contributed by atoms with Crippen LogP contribution >= 0.6 is 15.9 Å². The molecular formula is C13H20BrN3O2. The van der Waals surface area contributed by atoms with E-state index in [1.54, 1.807) is 6.20 Å². The Morgan fingerprint density at radius 1 is 1.53 bits per heavy atom. The van der Waals surface area contributed by atoms with Crippen LogP contribution in [0, 0.1) is 0 Å². The van der Waals surface area contributed by atoms with Crippen LogP contribution in [0.25, 0.3) is 0 Å². The number of aliphatic hydroxyl groups is 1. The van der Waals surface area contributed by atoms with E-state index in [4.69, 9.17) is 0 Å². The van der Waals surface area contributed by atoms with Gasteiger partial charge in [-0.05, 0) is 35.2 Å². The van der Waals surface area contributed by atoms with Crippen molar-refractivity contribution in [3.05, 3.63) is 21.0 Å². The molecule has 0 aliphatic heterocycles. The minimum absolute atomic E-state index is 0.0808. The summed E-state index contributed by atoms with van der Waals surface area (Å²) in [7, 11) is 0. The normalized spacial score (nSPS) is 17.6. The highest BCUT2D eigenvalue weighted by Crippen LogP contribution is 2.33. The van der Waals surface area contributed by atoms with Gasteiger partial charge in [0.15, 0.2) is 0 Å². The van der Waals surface area contributed by atoms with Crippen LogP contribution in [-0.4, -0.2) is 27.0 Å². The first kappa shape index (κ1) is 14.5. The van der Waals surface area contributed by atoms with Crippen molar-refractivity contribution in [2.24, 2.45) is 0 Å². The zero-order valence-corrected chi connectivity index (χ0v) is 12.7. The van der Waals surface area contributed by atoms with Crippen LogP contribution in [-0.2, 0) is 6.54 Å². The van der Waals surface area contributed by atoms with Gasteiger partial charge < -0.3 is 10.4 Å². The first-order chi connectivity index (χ1) is 9.12. The van der Waals surface area contributed by atoms with E-state index in [1.165, 1.54) is 4.68 Å². The summed E-state index contributed by atoms with van der Waals surface area (Å²) >= 11 is 3.34. The van der Waals surface area contributed by atoms with Crippen LogP contribution in [0.15, 0.2) is 15.5 Å². The number of aryl methyl sites for hydroxylation is 1. The zero-order valence-electron chi connectivity index (χ0n) is 11.2. The molecule has 1 aromatic rings. The van der Waals surface area contributed by atoms with E-state index in [0.29, 0.717) is 16.7 Å². The standard InChI is InChI=1S/C13H20BrN3O2/c1-2-7-17-12(19)11(14)10(8-15-17)16-13(9-18)5-3-4-6-13/h8,16,18H,2-7,9H2,1H3. The third kappa shape index (κ3) is 3.00. The molecule has 1 aromatic heterocycles. The molecule has 1 aliphatic carbocycles. The van der Waals surface area contributed by atoms with Gasteiger partial charge >= 0.3 is 0 Å². The number of aromatic nitrogens is 2. The molecule has 106 valence electrons. The maximum atomic E-state index is 12.1. The second-order valence-electron chi connectivity index (χ2n) is 5.17. The van der Waals surface area contributed by atoms with Gasteiger partial charge in [-0.25, -0.2) is 4.68 Å². The molecule has 0 amide bonds. The summed E-state index contributed by atoms with van der Waals surface area (Å²) in [5.41, 5.74) is 0.249. The Balaban J connectivity index is 2.26. The van der Waals surface area contributed by atoms with Crippen molar-refractivity contribution in [1.29, 1.82) is 0 Å². The maximum absolute atomic E-state index is 12.1. The van der Waals surface area contributed by atoms with E-state index in [1.807, 2.05) is 6.92 Å². The predicted molar refractivity (Wildman–Crippen MR) is 78.4 cm³/mol. The van der Waals surface area contributed by atoms with Crippen LogP contribution < -0.4 is 10.9 Å². The lowest BCUT2D eigenvalue weighted by molar-refractivity contribution is 0.214. The summed E-state index contributed by atoms with van der Waals surface area (Å²) in [5.74, 6) is 0. The number of nitrogens with zero attached hydrogens (tertiary/aromatic N) is 2. The molecule has 0 aromatic carbocycles. The van der Waals surface area contributed by atoms with Gasteiger partial charge in [-0.2, -0.15) is 5.10 Å². The molecule has 0 spiro atoms. The molecule has 0 bridgehead atoms. The Kier molecular flexibility index (Phi) is 4.62. The highest BCUT2D eigenvalue weighted by atomic mass is 79.9. The van der Waals surface area contributed by atoms with Crippen molar-refractivity contribution in [3.63, 3.8) is 0 Å². The number of aliphatic hydroxyl groups excluding tert-OH is 1. The molecular weight excluding hydrogens is 310 g/mol. The molecule has 0 atom stereocenters. The molecule has 0 radical (unpaired) electrons. The van der Waals surface area contributed by atoms with E-state index in [-0.39, 0.29) is 17.7 Å². The Hall–Kier alpha value is -0.880. The Morgan fingerprint density at radius 3 is 2.79 bits per heavy atom. The predicted octanol–water partition coefficient (Wildman–Crippen LogP) is 2.13. The first-order valence-corrected chi connectivity index (χ1v) is 7.56. The molecule has 1 aliphatic rings. The lowest BCUT2D eigenvalue weighted by Gasteiger charge is -2.29. The molecule has 2 N–H and O–H groups in total. The molecule has 2 rings (SSSR count). The Bertz CT molecular complexity index is 495. The Labute approximate surface area is 121 Å². The third-order valence-corrected chi connectivity index (χ3v) is 4.45. The lowest BCUT2D eigenvalue weighted by Crippen LogP contribution is -2.40. The smallest absolute Gasteiger partial charge is 0.283 e. The fourth-order valence-electron chi connectivity index (χ4n) is 2.58. The number of hydrogen-bond acceptors (Lipinski definition) is 4. The third-order valence-electron chi connectivity index (χ3n) is 3.68. The lowest BCUT2D eigenvalue weighted by atomic mass is 9.99. The van der Waals surface area contributed by atoms with Gasteiger partial charge in [0.25, 0.3) is 5.56 Å². The molecule has 1 saturated carbocycles. The monoisotopic (exact) mass is 329 g/mol. The molecule has 1 fully saturated rings. The van der Waals surface area contributed by atoms with Crippen molar-refractivity contribution < 1.29 is 5.11 Å². The summed E-state index contributed by atoms with van der Waals surface area (Å²) in [6, 6.07) is 0. The van der Waals surface area contributed by atoms with Gasteiger partial charge in [0.05, 0.1) is 24.0 Å². The van der Waals surface area contributed by atoms with Gasteiger partial charge in [-0.3, -0.25) is 4.79 Å². The SMILES string of the molecule is CCCn1ncc(NC2(CO)CCCC2)c(Br)c1=O.